The summed E-state index contributed by atoms with van der Waals surface area (Å²) in [7, 11) is 0. The van der Waals surface area contributed by atoms with Crippen LogP contribution in [0.15, 0.2) is 18.2 Å². The predicted octanol–water partition coefficient (Wildman–Crippen LogP) is 0.812. The van der Waals surface area contributed by atoms with Gasteiger partial charge in [-0.3, -0.25) is 0 Å². The molecule has 4 rings (SSSR count). The van der Waals surface area contributed by atoms with E-state index >= 15 is 0 Å². The highest BCUT2D eigenvalue weighted by atomic mass is 35.5. The number of nitrogens with one attached hydrogen (secondary N) is 1. The van der Waals surface area contributed by atoms with Crippen LogP contribution in [0.4, 0.5) is 5.82 Å². The van der Waals surface area contributed by atoms with Crippen molar-refractivity contribution < 1.29 is 0 Å². The normalized spacial score (nSPS) is 15.4. The van der Waals surface area contributed by atoms with Crippen LogP contribution < -0.4 is 10.2 Å². The van der Waals surface area contributed by atoms with Gasteiger partial charge in [-0.25, -0.2) is 4.98 Å². The molecule has 0 saturated carbocycles. The molecule has 21 heavy (non-hydrogen) atoms. The Balaban J connectivity index is 0.00000132. The van der Waals surface area contributed by atoms with Gasteiger partial charge in [0.15, 0.2) is 5.82 Å². The fourth-order valence-corrected chi connectivity index (χ4v) is 2.64. The maximum Gasteiger partial charge on any atom is 0.222 e. The first kappa shape index (κ1) is 14.0. The summed E-state index contributed by atoms with van der Waals surface area (Å²) < 4.78 is 1.78. The number of benzene rings is 1. The molecular formula is C13H16ClN7. The van der Waals surface area contributed by atoms with Crippen LogP contribution in [0.3, 0.4) is 0 Å². The average molecular weight is 306 g/mol. The second kappa shape index (κ2) is 5.42. The van der Waals surface area contributed by atoms with E-state index in [0.717, 1.165) is 48.7 Å². The fraction of sp³-hybridized carbons (Fsp3) is 0.385. The minimum absolute atomic E-state index is 0. The molecule has 1 saturated heterocycles. The van der Waals surface area contributed by atoms with E-state index in [-0.39, 0.29) is 12.4 Å². The van der Waals surface area contributed by atoms with Crippen LogP contribution in [0.1, 0.15) is 5.56 Å². The Bertz CT molecular complexity index is 779. The number of anilines is 1. The van der Waals surface area contributed by atoms with Crippen molar-refractivity contribution >= 4 is 34.9 Å². The van der Waals surface area contributed by atoms with Crippen molar-refractivity contribution in [2.24, 2.45) is 0 Å². The van der Waals surface area contributed by atoms with Crippen molar-refractivity contribution in [3.63, 3.8) is 0 Å². The number of hydrogen-bond donors (Lipinski definition) is 1. The maximum atomic E-state index is 4.79. The highest BCUT2D eigenvalue weighted by molar-refractivity contribution is 5.85. The molecule has 2 aromatic heterocycles. The lowest BCUT2D eigenvalue weighted by Crippen LogP contribution is -2.44. The van der Waals surface area contributed by atoms with Crippen molar-refractivity contribution in [1.82, 2.24) is 30.3 Å². The Kier molecular flexibility index (Phi) is 3.60. The summed E-state index contributed by atoms with van der Waals surface area (Å²) in [5.74, 6) is 0.870. The van der Waals surface area contributed by atoms with Gasteiger partial charge in [0.1, 0.15) is 0 Å². The van der Waals surface area contributed by atoms with Gasteiger partial charge in [-0.05, 0) is 35.0 Å². The Labute approximate surface area is 127 Å². The van der Waals surface area contributed by atoms with Crippen molar-refractivity contribution in [3.8, 4) is 0 Å². The molecule has 8 heteroatoms. The summed E-state index contributed by atoms with van der Waals surface area (Å²) in [6, 6.07) is 6.14. The van der Waals surface area contributed by atoms with Crippen molar-refractivity contribution in [1.29, 1.82) is 0 Å². The van der Waals surface area contributed by atoms with E-state index in [4.69, 9.17) is 4.98 Å². The van der Waals surface area contributed by atoms with Gasteiger partial charge in [0.05, 0.1) is 11.0 Å². The molecule has 0 aliphatic carbocycles. The smallest absolute Gasteiger partial charge is 0.222 e. The first-order valence-electron chi connectivity index (χ1n) is 6.77. The summed E-state index contributed by atoms with van der Waals surface area (Å²) in [6.45, 7) is 5.83. The molecule has 0 radical (unpaired) electrons. The number of hydrogen-bond acceptors (Lipinski definition) is 6. The van der Waals surface area contributed by atoms with Crippen LogP contribution >= 0.6 is 12.4 Å². The van der Waals surface area contributed by atoms with Gasteiger partial charge in [-0.15, -0.1) is 17.5 Å². The third-order valence-electron chi connectivity index (χ3n) is 3.67. The van der Waals surface area contributed by atoms with Gasteiger partial charge in [0, 0.05) is 26.2 Å². The third kappa shape index (κ3) is 2.28. The zero-order valence-corrected chi connectivity index (χ0v) is 12.5. The number of piperazine rings is 1. The average Bonchev–Trinajstić information content (AvgIpc) is 2.96. The Hall–Kier alpha value is -1.99. The Morgan fingerprint density at radius 3 is 2.81 bits per heavy atom. The third-order valence-corrected chi connectivity index (χ3v) is 3.67. The summed E-state index contributed by atoms with van der Waals surface area (Å²) in [6.07, 6.45) is 0. The summed E-state index contributed by atoms with van der Waals surface area (Å²) >= 11 is 0. The second-order valence-electron chi connectivity index (χ2n) is 5.08. The molecule has 0 unspecified atom stereocenters. The monoisotopic (exact) mass is 305 g/mol. The van der Waals surface area contributed by atoms with Gasteiger partial charge in [0.25, 0.3) is 0 Å². The quantitative estimate of drug-likeness (QED) is 0.717. The zero-order valence-electron chi connectivity index (χ0n) is 11.7. The van der Waals surface area contributed by atoms with Crippen LogP contribution in [-0.4, -0.2) is 51.2 Å². The summed E-state index contributed by atoms with van der Waals surface area (Å²) in [4.78, 5) is 7.03. The van der Waals surface area contributed by atoms with Crippen LogP contribution in [0.25, 0.3) is 16.7 Å². The topological polar surface area (TPSA) is 71.2 Å². The first-order valence-corrected chi connectivity index (χ1v) is 6.77. The van der Waals surface area contributed by atoms with E-state index in [1.807, 2.05) is 6.07 Å². The minimum atomic E-state index is 0. The predicted molar refractivity (Wildman–Crippen MR) is 83.2 cm³/mol. The number of nitrogens with zero attached hydrogens (tertiary/aromatic N) is 6. The van der Waals surface area contributed by atoms with E-state index in [1.54, 1.807) is 4.52 Å². The lowest BCUT2D eigenvalue weighted by atomic mass is 10.2. The number of halogens is 1. The van der Waals surface area contributed by atoms with Crippen LogP contribution in [0.5, 0.6) is 0 Å². The van der Waals surface area contributed by atoms with Gasteiger partial charge >= 0.3 is 0 Å². The number of fused-ring (bicyclic) bond motifs is 3. The van der Waals surface area contributed by atoms with Crippen LogP contribution in [0.2, 0.25) is 0 Å². The fourth-order valence-electron chi connectivity index (χ4n) is 2.64. The number of tetrazole rings is 1. The molecule has 1 aliphatic heterocycles. The largest absolute Gasteiger partial charge is 0.351 e. The van der Waals surface area contributed by atoms with E-state index < -0.39 is 0 Å². The number of aromatic nitrogens is 5. The van der Waals surface area contributed by atoms with Gasteiger partial charge in [-0.2, -0.15) is 4.52 Å². The van der Waals surface area contributed by atoms with Crippen molar-refractivity contribution in [3.05, 3.63) is 23.8 Å². The Morgan fingerprint density at radius 1 is 1.19 bits per heavy atom. The molecule has 0 spiro atoms. The second-order valence-corrected chi connectivity index (χ2v) is 5.08. The van der Waals surface area contributed by atoms with Crippen molar-refractivity contribution in [2.45, 2.75) is 6.92 Å². The maximum absolute atomic E-state index is 4.79. The molecule has 110 valence electrons. The molecule has 1 aromatic carbocycles. The molecule has 1 N–H and O–H groups in total. The number of rotatable bonds is 1. The molecule has 0 bridgehead atoms. The molecular weight excluding hydrogens is 290 g/mol. The SMILES string of the molecule is Cc1ccc2c(c1)nc(N1CCNCC1)c1nnnn12.Cl. The van der Waals surface area contributed by atoms with Crippen LogP contribution in [0, 0.1) is 6.92 Å². The van der Waals surface area contributed by atoms with Crippen molar-refractivity contribution in [2.75, 3.05) is 31.1 Å². The lowest BCUT2D eigenvalue weighted by Gasteiger charge is -2.28. The zero-order chi connectivity index (χ0) is 13.5. The Morgan fingerprint density at radius 2 is 2.00 bits per heavy atom. The van der Waals surface area contributed by atoms with E-state index in [1.165, 1.54) is 5.56 Å². The standard InChI is InChI=1S/C13H15N7.ClH/c1-9-2-3-11-10(8-9)15-12(13-16-17-18-20(11)13)19-6-4-14-5-7-19;/h2-3,8,14H,4-7H2,1H3;1H. The highest BCUT2D eigenvalue weighted by Crippen LogP contribution is 2.23. The summed E-state index contributed by atoms with van der Waals surface area (Å²) in [5, 5.41) is 15.4. The minimum Gasteiger partial charge on any atom is -0.351 e. The first-order chi connectivity index (χ1) is 9.83. The highest BCUT2D eigenvalue weighted by Gasteiger charge is 2.19. The molecule has 0 amide bonds. The van der Waals surface area contributed by atoms with Gasteiger partial charge in [-0.1, -0.05) is 6.07 Å². The molecule has 1 fully saturated rings. The van der Waals surface area contributed by atoms with Gasteiger partial charge < -0.3 is 10.2 Å². The molecule has 7 nitrogen and oxygen atoms in total. The summed E-state index contributed by atoms with van der Waals surface area (Å²) in [5.41, 5.74) is 3.78. The van der Waals surface area contributed by atoms with E-state index in [2.05, 4.69) is 44.8 Å². The van der Waals surface area contributed by atoms with Gasteiger partial charge in [0.2, 0.25) is 5.65 Å². The molecule has 3 heterocycles. The molecule has 3 aromatic rings. The molecule has 0 atom stereocenters. The lowest BCUT2D eigenvalue weighted by molar-refractivity contribution is 0.586. The molecule has 1 aliphatic rings. The van der Waals surface area contributed by atoms with Crippen LogP contribution in [-0.2, 0) is 0 Å². The van der Waals surface area contributed by atoms with E-state index in [9.17, 15) is 0 Å². The van der Waals surface area contributed by atoms with E-state index in [0.29, 0.717) is 0 Å². The number of aryl methyl sites for hydroxylation is 1.